The van der Waals surface area contributed by atoms with Crippen LogP contribution in [0.1, 0.15) is 55.5 Å². The molecule has 0 saturated carbocycles. The van der Waals surface area contributed by atoms with Crippen molar-refractivity contribution in [1.82, 2.24) is 4.98 Å². The molecule has 0 amide bonds. The van der Waals surface area contributed by atoms with Crippen molar-refractivity contribution in [2.45, 2.75) is 46.5 Å². The van der Waals surface area contributed by atoms with Crippen molar-refractivity contribution in [2.24, 2.45) is 0 Å². The molecule has 0 radical (unpaired) electrons. The minimum absolute atomic E-state index is 0.000636. The Balaban J connectivity index is 2.21. The van der Waals surface area contributed by atoms with Crippen molar-refractivity contribution in [1.29, 1.82) is 0 Å². The van der Waals surface area contributed by atoms with Gasteiger partial charge in [0.05, 0.1) is 15.6 Å². The molecule has 0 aliphatic heterocycles. The van der Waals surface area contributed by atoms with E-state index >= 15 is 0 Å². The molecule has 0 unspecified atom stereocenters. The van der Waals surface area contributed by atoms with Gasteiger partial charge in [-0.15, -0.1) is 11.3 Å². The Kier molecular flexibility index (Phi) is 5.10. The molecule has 0 bridgehead atoms. The van der Waals surface area contributed by atoms with Crippen LogP contribution in [0.15, 0.2) is 48.5 Å². The average Bonchev–Trinajstić information content (AvgIpc) is 3.07. The molecule has 0 aliphatic rings. The molecule has 1 aromatic heterocycles. The van der Waals surface area contributed by atoms with Gasteiger partial charge in [-0.2, -0.15) is 0 Å². The molecule has 3 heteroatoms. The van der Waals surface area contributed by atoms with Crippen LogP contribution in [-0.4, -0.2) is 10.8 Å². The van der Waals surface area contributed by atoms with E-state index in [9.17, 15) is 4.79 Å². The number of thiazole rings is 1. The van der Waals surface area contributed by atoms with E-state index in [-0.39, 0.29) is 11.2 Å². The highest BCUT2D eigenvalue weighted by Gasteiger charge is 2.23. The predicted molar refractivity (Wildman–Crippen MR) is 111 cm³/mol. The smallest absolute Gasteiger partial charge is 0.160 e. The summed E-state index contributed by atoms with van der Waals surface area (Å²) in [5, 5.41) is 1.13. The van der Waals surface area contributed by atoms with E-state index in [1.54, 1.807) is 18.3 Å². The summed E-state index contributed by atoms with van der Waals surface area (Å²) in [6.45, 7) is 10.3. The summed E-state index contributed by atoms with van der Waals surface area (Å²) in [6, 6.07) is 16.5. The lowest BCUT2D eigenvalue weighted by molar-refractivity contribution is 0.101. The van der Waals surface area contributed by atoms with Gasteiger partial charge >= 0.3 is 0 Å². The van der Waals surface area contributed by atoms with Crippen LogP contribution < -0.4 is 0 Å². The fourth-order valence-electron chi connectivity index (χ4n) is 3.00. The maximum atomic E-state index is 11.9. The number of carbonyl (C=O) groups excluding carboxylic acids is 1. The lowest BCUT2D eigenvalue weighted by Crippen LogP contribution is -2.10. The summed E-state index contributed by atoms with van der Waals surface area (Å²) in [4.78, 5) is 18.1. The van der Waals surface area contributed by atoms with Crippen molar-refractivity contribution < 1.29 is 4.79 Å². The first-order valence-electron chi connectivity index (χ1n) is 9.02. The van der Waals surface area contributed by atoms with Gasteiger partial charge in [-0.3, -0.25) is 4.79 Å². The lowest BCUT2D eigenvalue weighted by atomic mass is 9.96. The van der Waals surface area contributed by atoms with Crippen LogP contribution in [0, 0.1) is 0 Å². The minimum Gasteiger partial charge on any atom is -0.295 e. The first kappa shape index (κ1) is 18.5. The second-order valence-corrected chi connectivity index (χ2v) is 8.59. The Morgan fingerprint density at radius 2 is 1.73 bits per heavy atom. The molecule has 1 heterocycles. The fourth-order valence-corrected chi connectivity index (χ4v) is 4.15. The number of rotatable bonds is 4. The van der Waals surface area contributed by atoms with E-state index in [1.165, 1.54) is 10.4 Å². The number of Topliss-reactive ketones (excluding diaryl/α,β-unsaturated/α-hetero) is 1. The molecule has 0 fully saturated rings. The van der Waals surface area contributed by atoms with Gasteiger partial charge in [0.15, 0.2) is 5.78 Å². The molecule has 0 N–H and O–H groups in total. The summed E-state index contributed by atoms with van der Waals surface area (Å²) in [6.07, 6.45) is 0.833. The van der Waals surface area contributed by atoms with Crippen molar-refractivity contribution in [3.8, 4) is 21.7 Å². The summed E-state index contributed by atoms with van der Waals surface area (Å²) in [7, 11) is 0. The van der Waals surface area contributed by atoms with E-state index in [0.29, 0.717) is 0 Å². The van der Waals surface area contributed by atoms with Crippen LogP contribution in [0.25, 0.3) is 21.7 Å². The standard InChI is InChI=1S/C23H25NOS/c1-6-16-14-18(12-13-19(16)15(2)25)20-21(17-10-8-7-9-11-17)26-22(24-20)23(3,4)5/h7-14H,6H2,1-5H3. The van der Waals surface area contributed by atoms with Gasteiger partial charge in [-0.25, -0.2) is 4.98 Å². The second-order valence-electron chi connectivity index (χ2n) is 7.59. The topological polar surface area (TPSA) is 30.0 Å². The van der Waals surface area contributed by atoms with E-state index in [1.807, 2.05) is 18.2 Å². The van der Waals surface area contributed by atoms with Crippen molar-refractivity contribution in [3.63, 3.8) is 0 Å². The third kappa shape index (κ3) is 3.63. The monoisotopic (exact) mass is 363 g/mol. The zero-order chi connectivity index (χ0) is 18.9. The van der Waals surface area contributed by atoms with Crippen LogP contribution in [0.3, 0.4) is 0 Å². The Bertz CT molecular complexity index is 933. The second kappa shape index (κ2) is 7.16. The van der Waals surface area contributed by atoms with Gasteiger partial charge in [-0.1, -0.05) is 70.2 Å². The number of nitrogens with zero attached hydrogens (tertiary/aromatic N) is 1. The van der Waals surface area contributed by atoms with Crippen LogP contribution in [0.2, 0.25) is 0 Å². The highest BCUT2D eigenvalue weighted by molar-refractivity contribution is 7.15. The molecule has 0 saturated heterocycles. The van der Waals surface area contributed by atoms with Crippen LogP contribution >= 0.6 is 11.3 Å². The third-order valence-corrected chi connectivity index (χ3v) is 5.97. The van der Waals surface area contributed by atoms with Gasteiger partial charge in [0, 0.05) is 16.5 Å². The molecular formula is C23H25NOS. The van der Waals surface area contributed by atoms with E-state index in [0.717, 1.165) is 33.8 Å². The van der Waals surface area contributed by atoms with Gasteiger partial charge in [0.25, 0.3) is 0 Å². The molecule has 0 aliphatic carbocycles. The molecule has 0 atom stereocenters. The van der Waals surface area contributed by atoms with E-state index in [2.05, 4.69) is 58.0 Å². The van der Waals surface area contributed by atoms with E-state index < -0.39 is 0 Å². The number of carbonyl (C=O) groups is 1. The van der Waals surface area contributed by atoms with Crippen LogP contribution in [-0.2, 0) is 11.8 Å². The molecule has 3 aromatic rings. The van der Waals surface area contributed by atoms with E-state index in [4.69, 9.17) is 4.98 Å². The first-order valence-corrected chi connectivity index (χ1v) is 9.84. The number of ketones is 1. The Morgan fingerprint density at radius 3 is 2.31 bits per heavy atom. The summed E-state index contributed by atoms with van der Waals surface area (Å²) in [5.74, 6) is 0.116. The van der Waals surface area contributed by atoms with Crippen LogP contribution in [0.4, 0.5) is 0 Å². The lowest BCUT2D eigenvalue weighted by Gasteiger charge is -2.13. The Hall–Kier alpha value is -2.26. The number of aryl methyl sites for hydroxylation is 1. The number of hydrogen-bond donors (Lipinski definition) is 0. The number of hydrogen-bond acceptors (Lipinski definition) is 3. The molecule has 2 aromatic carbocycles. The van der Waals surface area contributed by atoms with Crippen molar-refractivity contribution in [3.05, 3.63) is 64.7 Å². The fraction of sp³-hybridized carbons (Fsp3) is 0.304. The third-order valence-electron chi connectivity index (χ3n) is 4.44. The average molecular weight is 364 g/mol. The van der Waals surface area contributed by atoms with Crippen molar-refractivity contribution in [2.75, 3.05) is 0 Å². The predicted octanol–water partition coefficient (Wildman–Crippen LogP) is 6.54. The first-order chi connectivity index (χ1) is 12.3. The zero-order valence-electron chi connectivity index (χ0n) is 16.1. The Morgan fingerprint density at radius 1 is 1.04 bits per heavy atom. The van der Waals surface area contributed by atoms with Crippen molar-refractivity contribution >= 4 is 17.1 Å². The molecule has 3 rings (SSSR count). The summed E-state index contributed by atoms with van der Waals surface area (Å²) < 4.78 is 0. The van der Waals surface area contributed by atoms with Gasteiger partial charge in [0.1, 0.15) is 0 Å². The highest BCUT2D eigenvalue weighted by Crippen LogP contribution is 2.41. The molecule has 2 nitrogen and oxygen atoms in total. The SMILES string of the molecule is CCc1cc(-c2nc(C(C)(C)C)sc2-c2ccccc2)ccc1C(C)=O. The maximum absolute atomic E-state index is 11.9. The number of benzene rings is 2. The van der Waals surface area contributed by atoms with Gasteiger partial charge < -0.3 is 0 Å². The molecule has 0 spiro atoms. The summed E-state index contributed by atoms with van der Waals surface area (Å²) in [5.41, 5.74) is 5.17. The Labute approximate surface area is 159 Å². The zero-order valence-corrected chi connectivity index (χ0v) is 16.9. The van der Waals surface area contributed by atoms with Gasteiger partial charge in [-0.05, 0) is 30.5 Å². The quantitative estimate of drug-likeness (QED) is 0.493. The normalized spacial score (nSPS) is 11.6. The maximum Gasteiger partial charge on any atom is 0.160 e. The molecule has 26 heavy (non-hydrogen) atoms. The minimum atomic E-state index is -0.000636. The van der Waals surface area contributed by atoms with Gasteiger partial charge in [0.2, 0.25) is 0 Å². The molecular weight excluding hydrogens is 338 g/mol. The largest absolute Gasteiger partial charge is 0.295 e. The van der Waals surface area contributed by atoms with Crippen LogP contribution in [0.5, 0.6) is 0 Å². The highest BCUT2D eigenvalue weighted by atomic mass is 32.1. The summed E-state index contributed by atoms with van der Waals surface area (Å²) >= 11 is 1.76. The number of aromatic nitrogens is 1. The molecule has 134 valence electrons.